The van der Waals surface area contributed by atoms with Crippen LogP contribution in [0.25, 0.3) is 0 Å². The lowest BCUT2D eigenvalue weighted by atomic mass is 9.97. The maximum atomic E-state index is 12.9. The molecule has 142 valence electrons. The van der Waals surface area contributed by atoms with Gasteiger partial charge in [-0.25, -0.2) is 4.98 Å². The summed E-state index contributed by atoms with van der Waals surface area (Å²) in [6.07, 6.45) is 6.86. The SMILES string of the molecule is O=C(Nc1ccccc1Oc1ccccc1)C1CCCN(c2cnccn2)C1. The fraction of sp³-hybridized carbons (Fsp3) is 0.227. The van der Waals surface area contributed by atoms with Crippen molar-refractivity contribution in [3.63, 3.8) is 0 Å². The largest absolute Gasteiger partial charge is 0.455 e. The van der Waals surface area contributed by atoms with E-state index in [4.69, 9.17) is 4.74 Å². The van der Waals surface area contributed by atoms with Crippen LogP contribution in [0.2, 0.25) is 0 Å². The summed E-state index contributed by atoms with van der Waals surface area (Å²) in [5, 5.41) is 3.05. The second kappa shape index (κ2) is 8.52. The van der Waals surface area contributed by atoms with Gasteiger partial charge in [0.15, 0.2) is 5.75 Å². The van der Waals surface area contributed by atoms with Crippen molar-refractivity contribution in [3.8, 4) is 11.5 Å². The zero-order valence-corrected chi connectivity index (χ0v) is 15.5. The molecule has 2 heterocycles. The minimum Gasteiger partial charge on any atom is -0.455 e. The fourth-order valence-corrected chi connectivity index (χ4v) is 3.36. The van der Waals surface area contributed by atoms with Crippen molar-refractivity contribution in [1.29, 1.82) is 0 Å². The molecule has 3 aromatic rings. The first-order chi connectivity index (χ1) is 13.8. The Labute approximate surface area is 164 Å². The molecule has 0 saturated carbocycles. The van der Waals surface area contributed by atoms with Gasteiger partial charge >= 0.3 is 0 Å². The first-order valence-corrected chi connectivity index (χ1v) is 9.43. The third-order valence-corrected chi connectivity index (χ3v) is 4.78. The molecule has 0 aliphatic carbocycles. The number of nitrogens with one attached hydrogen (secondary N) is 1. The molecule has 1 amide bonds. The molecule has 1 aliphatic rings. The highest BCUT2D eigenvalue weighted by Crippen LogP contribution is 2.30. The maximum absolute atomic E-state index is 12.9. The number of carbonyl (C=O) groups excluding carboxylic acids is 1. The Hall–Kier alpha value is -3.41. The molecule has 4 rings (SSSR count). The van der Waals surface area contributed by atoms with Crippen LogP contribution in [0, 0.1) is 5.92 Å². The number of carbonyl (C=O) groups is 1. The van der Waals surface area contributed by atoms with Crippen molar-refractivity contribution in [3.05, 3.63) is 73.2 Å². The predicted molar refractivity (Wildman–Crippen MR) is 109 cm³/mol. The van der Waals surface area contributed by atoms with Crippen LogP contribution < -0.4 is 15.0 Å². The van der Waals surface area contributed by atoms with Crippen LogP contribution >= 0.6 is 0 Å². The Morgan fingerprint density at radius 3 is 2.71 bits per heavy atom. The van der Waals surface area contributed by atoms with E-state index in [0.29, 0.717) is 18.0 Å². The van der Waals surface area contributed by atoms with E-state index in [2.05, 4.69) is 20.2 Å². The molecule has 0 bridgehead atoms. The number of hydrogen-bond acceptors (Lipinski definition) is 5. The molecule has 0 spiro atoms. The number of benzene rings is 2. The quantitative estimate of drug-likeness (QED) is 0.727. The number of anilines is 2. The van der Waals surface area contributed by atoms with Gasteiger partial charge in [0.25, 0.3) is 0 Å². The number of ether oxygens (including phenoxy) is 1. The van der Waals surface area contributed by atoms with E-state index in [1.165, 1.54) is 0 Å². The molecule has 6 nitrogen and oxygen atoms in total. The summed E-state index contributed by atoms with van der Waals surface area (Å²) < 4.78 is 5.94. The molecule has 6 heteroatoms. The molecule has 2 aromatic carbocycles. The van der Waals surface area contributed by atoms with Gasteiger partial charge in [-0.15, -0.1) is 0 Å². The van der Waals surface area contributed by atoms with Gasteiger partial charge in [-0.05, 0) is 37.1 Å². The van der Waals surface area contributed by atoms with E-state index < -0.39 is 0 Å². The highest BCUT2D eigenvalue weighted by molar-refractivity contribution is 5.94. The zero-order chi connectivity index (χ0) is 19.2. The van der Waals surface area contributed by atoms with Crippen LogP contribution in [0.5, 0.6) is 11.5 Å². The summed E-state index contributed by atoms with van der Waals surface area (Å²) in [6.45, 7) is 1.52. The van der Waals surface area contributed by atoms with Crippen LogP contribution in [0.1, 0.15) is 12.8 Å². The number of amides is 1. The van der Waals surface area contributed by atoms with Crippen LogP contribution in [0.15, 0.2) is 73.2 Å². The van der Waals surface area contributed by atoms with E-state index in [1.54, 1.807) is 18.6 Å². The van der Waals surface area contributed by atoms with Crippen molar-refractivity contribution in [2.45, 2.75) is 12.8 Å². The van der Waals surface area contributed by atoms with E-state index in [-0.39, 0.29) is 11.8 Å². The summed E-state index contributed by atoms with van der Waals surface area (Å²) in [5.74, 6) is 2.06. The summed E-state index contributed by atoms with van der Waals surface area (Å²) in [6, 6.07) is 17.0. The molecule has 1 unspecified atom stereocenters. The van der Waals surface area contributed by atoms with Gasteiger partial charge in [-0.2, -0.15) is 0 Å². The van der Waals surface area contributed by atoms with Crippen molar-refractivity contribution in [1.82, 2.24) is 9.97 Å². The predicted octanol–water partition coefficient (Wildman–Crippen LogP) is 4.12. The number of hydrogen-bond donors (Lipinski definition) is 1. The molecule has 1 aromatic heterocycles. The maximum Gasteiger partial charge on any atom is 0.229 e. The Kier molecular flexibility index (Phi) is 5.47. The van der Waals surface area contributed by atoms with Crippen LogP contribution in [0.4, 0.5) is 11.5 Å². The summed E-state index contributed by atoms with van der Waals surface area (Å²) in [7, 11) is 0. The summed E-state index contributed by atoms with van der Waals surface area (Å²) >= 11 is 0. The highest BCUT2D eigenvalue weighted by atomic mass is 16.5. The van der Waals surface area contributed by atoms with Gasteiger partial charge in [0.1, 0.15) is 11.6 Å². The van der Waals surface area contributed by atoms with Crippen molar-refractivity contribution in [2.75, 3.05) is 23.3 Å². The minimum absolute atomic E-state index is 0.00213. The monoisotopic (exact) mass is 374 g/mol. The average molecular weight is 374 g/mol. The fourth-order valence-electron chi connectivity index (χ4n) is 3.36. The van der Waals surface area contributed by atoms with E-state index in [9.17, 15) is 4.79 Å². The lowest BCUT2D eigenvalue weighted by molar-refractivity contribution is -0.120. The van der Waals surface area contributed by atoms with Gasteiger partial charge in [-0.3, -0.25) is 9.78 Å². The highest BCUT2D eigenvalue weighted by Gasteiger charge is 2.27. The molecule has 0 radical (unpaired) electrons. The van der Waals surface area contributed by atoms with Gasteiger partial charge in [0.2, 0.25) is 5.91 Å². The molecule has 28 heavy (non-hydrogen) atoms. The smallest absolute Gasteiger partial charge is 0.229 e. The van der Waals surface area contributed by atoms with Crippen LogP contribution in [-0.4, -0.2) is 29.0 Å². The van der Waals surface area contributed by atoms with Crippen molar-refractivity contribution in [2.24, 2.45) is 5.92 Å². The molecule has 1 saturated heterocycles. The first kappa shape index (κ1) is 18.0. The van der Waals surface area contributed by atoms with Crippen molar-refractivity contribution >= 4 is 17.4 Å². The van der Waals surface area contributed by atoms with Gasteiger partial charge in [-0.1, -0.05) is 30.3 Å². The Morgan fingerprint density at radius 1 is 1.07 bits per heavy atom. The molecular weight excluding hydrogens is 352 g/mol. The molecule has 1 fully saturated rings. The lowest BCUT2D eigenvalue weighted by Gasteiger charge is -2.32. The summed E-state index contributed by atoms with van der Waals surface area (Å²) in [5.41, 5.74) is 0.674. The number of piperidine rings is 1. The topological polar surface area (TPSA) is 67.3 Å². The van der Waals surface area contributed by atoms with E-state index >= 15 is 0 Å². The zero-order valence-electron chi connectivity index (χ0n) is 15.5. The van der Waals surface area contributed by atoms with Crippen LogP contribution in [0.3, 0.4) is 0 Å². The van der Waals surface area contributed by atoms with Gasteiger partial charge < -0.3 is 15.0 Å². The normalized spacial score (nSPS) is 16.4. The Morgan fingerprint density at radius 2 is 1.89 bits per heavy atom. The number of para-hydroxylation sites is 3. The molecule has 1 aliphatic heterocycles. The number of nitrogens with zero attached hydrogens (tertiary/aromatic N) is 3. The average Bonchev–Trinajstić information content (AvgIpc) is 2.76. The second-order valence-electron chi connectivity index (χ2n) is 6.75. The lowest BCUT2D eigenvalue weighted by Crippen LogP contribution is -2.41. The molecular formula is C22H22N4O2. The molecule has 1 atom stereocenters. The standard InChI is InChI=1S/C22H22N4O2/c27-22(17-7-6-14-26(16-17)21-15-23-12-13-24-21)25-19-10-4-5-11-20(19)28-18-8-2-1-3-9-18/h1-5,8-13,15,17H,6-7,14,16H2,(H,25,27). The third kappa shape index (κ3) is 4.28. The van der Waals surface area contributed by atoms with Gasteiger partial charge in [0, 0.05) is 25.5 Å². The Balaban J connectivity index is 1.45. The summed E-state index contributed by atoms with van der Waals surface area (Å²) in [4.78, 5) is 23.5. The minimum atomic E-state index is -0.111. The Bertz CT molecular complexity index is 918. The third-order valence-electron chi connectivity index (χ3n) is 4.78. The first-order valence-electron chi connectivity index (χ1n) is 9.43. The number of aromatic nitrogens is 2. The van der Waals surface area contributed by atoms with Crippen LogP contribution in [-0.2, 0) is 4.79 Å². The van der Waals surface area contributed by atoms with Crippen molar-refractivity contribution < 1.29 is 9.53 Å². The van der Waals surface area contributed by atoms with E-state index in [0.717, 1.165) is 31.0 Å². The number of rotatable bonds is 5. The molecule has 1 N–H and O–H groups in total. The van der Waals surface area contributed by atoms with E-state index in [1.807, 2.05) is 54.6 Å². The second-order valence-corrected chi connectivity index (χ2v) is 6.75. The van der Waals surface area contributed by atoms with Gasteiger partial charge in [0.05, 0.1) is 17.8 Å².